The van der Waals surface area contributed by atoms with E-state index in [1.54, 1.807) is 6.08 Å². The number of aromatic nitrogens is 2. The first kappa shape index (κ1) is 25.0. The highest BCUT2D eigenvalue weighted by Crippen LogP contribution is 2.33. The first-order valence-electron chi connectivity index (χ1n) is 9.70. The van der Waals surface area contributed by atoms with Gasteiger partial charge in [-0.05, 0) is 31.6 Å². The Kier molecular flexibility index (Phi) is 9.04. The van der Waals surface area contributed by atoms with Gasteiger partial charge in [-0.25, -0.2) is 4.79 Å². The van der Waals surface area contributed by atoms with Crippen molar-refractivity contribution in [2.24, 2.45) is 4.99 Å². The maximum atomic E-state index is 12.1. The summed E-state index contributed by atoms with van der Waals surface area (Å²) in [6.07, 6.45) is 3.44. The van der Waals surface area contributed by atoms with E-state index >= 15 is 0 Å². The number of aliphatic imine (C=N–C) groups is 1. The van der Waals surface area contributed by atoms with E-state index in [-0.39, 0.29) is 52.4 Å². The lowest BCUT2D eigenvalue weighted by atomic mass is 10.2. The minimum atomic E-state index is -1.31. The van der Waals surface area contributed by atoms with E-state index in [2.05, 4.69) is 15.0 Å². The van der Waals surface area contributed by atoms with Gasteiger partial charge in [0.1, 0.15) is 17.1 Å². The number of ether oxygens (including phenoxy) is 5. The first-order valence-corrected chi connectivity index (χ1v) is 9.70. The molecule has 1 heterocycles. The van der Waals surface area contributed by atoms with Gasteiger partial charge in [-0.15, -0.1) is 0 Å². The summed E-state index contributed by atoms with van der Waals surface area (Å²) in [7, 11) is 4.19. The van der Waals surface area contributed by atoms with Crippen LogP contribution in [-0.2, 0) is 4.74 Å². The second kappa shape index (κ2) is 11.9. The zero-order chi connectivity index (χ0) is 24.4. The lowest BCUT2D eigenvalue weighted by Gasteiger charge is -2.13. The third-order valence-electron chi connectivity index (χ3n) is 3.84. The molecule has 0 radical (unpaired) electrons. The second-order valence-corrected chi connectivity index (χ2v) is 6.26. The molecule has 33 heavy (non-hydrogen) atoms. The van der Waals surface area contributed by atoms with Crippen molar-refractivity contribution in [1.29, 1.82) is 0 Å². The number of aromatic carboxylic acids is 1. The average molecular weight is 459 g/mol. The number of methoxy groups -OCH3 is 3. The quantitative estimate of drug-likeness (QED) is 0.303. The number of aliphatic hydroxyl groups is 1. The van der Waals surface area contributed by atoms with Crippen molar-refractivity contribution >= 4 is 11.9 Å². The van der Waals surface area contributed by atoms with Crippen LogP contribution in [0.25, 0.3) is 0 Å². The number of hydrogen-bond donors (Lipinski definition) is 2. The molecule has 2 aromatic rings. The topological polar surface area (TPSA) is 142 Å². The van der Waals surface area contributed by atoms with Crippen LogP contribution in [0, 0.1) is 0 Å². The van der Waals surface area contributed by atoms with Crippen LogP contribution >= 0.6 is 0 Å². The van der Waals surface area contributed by atoms with Crippen molar-refractivity contribution in [1.82, 2.24) is 9.97 Å². The molecule has 0 unspecified atom stereocenters. The van der Waals surface area contributed by atoms with E-state index in [4.69, 9.17) is 23.7 Å². The molecule has 0 atom stereocenters. The van der Waals surface area contributed by atoms with E-state index in [0.717, 1.165) is 0 Å². The zero-order valence-corrected chi connectivity index (χ0v) is 18.9. The molecule has 0 amide bonds. The van der Waals surface area contributed by atoms with Gasteiger partial charge in [-0.3, -0.25) is 0 Å². The van der Waals surface area contributed by atoms with Gasteiger partial charge >= 0.3 is 12.0 Å². The van der Waals surface area contributed by atoms with Gasteiger partial charge in [0, 0.05) is 6.08 Å². The Hall–Kier alpha value is -4.28. The Bertz CT molecular complexity index is 1050. The van der Waals surface area contributed by atoms with Gasteiger partial charge in [0.2, 0.25) is 23.5 Å². The average Bonchev–Trinajstić information content (AvgIpc) is 2.78. The molecule has 11 nitrogen and oxygen atoms in total. The van der Waals surface area contributed by atoms with Gasteiger partial charge in [0.05, 0.1) is 33.2 Å². The van der Waals surface area contributed by atoms with Crippen LogP contribution in [0.5, 0.6) is 29.3 Å². The third kappa shape index (κ3) is 7.13. The van der Waals surface area contributed by atoms with E-state index in [0.29, 0.717) is 6.42 Å². The Labute approximate surface area is 190 Å². The van der Waals surface area contributed by atoms with E-state index in [9.17, 15) is 15.0 Å². The maximum Gasteiger partial charge on any atom is 0.343 e. The molecule has 0 aliphatic rings. The van der Waals surface area contributed by atoms with Gasteiger partial charge in [-0.2, -0.15) is 15.0 Å². The summed E-state index contributed by atoms with van der Waals surface area (Å²) < 4.78 is 26.7. The summed E-state index contributed by atoms with van der Waals surface area (Å²) in [6.45, 7) is 3.31. The number of aliphatic hydroxyl groups excluding tert-OH is 1. The number of benzene rings is 1. The fourth-order valence-electron chi connectivity index (χ4n) is 2.45. The molecule has 1 aromatic heterocycles. The number of carbonyl (C=O) groups is 1. The van der Waals surface area contributed by atoms with Crippen molar-refractivity contribution in [3.63, 3.8) is 0 Å². The van der Waals surface area contributed by atoms with Crippen molar-refractivity contribution < 1.29 is 38.7 Å². The molecule has 0 spiro atoms. The standard InChI is InChI=1S/C22H25N3O8/c1-6-8-16(23-17(29-3)11-13(2)26)32-14-9-7-10-15(20(14)21(27)28)33-22-24-18(30-4)12-19(25-22)31-5/h7-12,26H,6H2,1-5H3,(H,27,28)/b13-11+,16-8-,23-17+. The minimum absolute atomic E-state index is 0.0261. The molecular formula is C22H25N3O8. The minimum Gasteiger partial charge on any atom is -0.512 e. The van der Waals surface area contributed by atoms with Crippen LogP contribution in [0.4, 0.5) is 0 Å². The van der Waals surface area contributed by atoms with Crippen LogP contribution in [-0.4, -0.2) is 53.4 Å². The molecule has 1 aromatic carbocycles. The van der Waals surface area contributed by atoms with Crippen LogP contribution in [0.2, 0.25) is 0 Å². The number of nitrogens with zero attached hydrogens (tertiary/aromatic N) is 3. The lowest BCUT2D eigenvalue weighted by Crippen LogP contribution is -2.07. The summed E-state index contributed by atoms with van der Waals surface area (Å²) in [6, 6.07) is 5.67. The number of carboxylic acids is 1. The fraction of sp³-hybridized carbons (Fsp3) is 0.273. The maximum absolute atomic E-state index is 12.1. The van der Waals surface area contributed by atoms with Crippen LogP contribution in [0.15, 0.2) is 53.1 Å². The smallest absolute Gasteiger partial charge is 0.343 e. The fourth-order valence-corrected chi connectivity index (χ4v) is 2.45. The van der Waals surface area contributed by atoms with Crippen molar-refractivity contribution in [3.05, 3.63) is 53.6 Å². The SMILES string of the molecule is CC/C=C(/N=C(\C=C(/C)O)OC)Oc1cccc(Oc2nc(OC)cc(OC)n2)c1C(=O)O. The van der Waals surface area contributed by atoms with Crippen LogP contribution in [0.1, 0.15) is 30.6 Å². The molecule has 0 bridgehead atoms. The summed E-state index contributed by atoms with van der Waals surface area (Å²) in [4.78, 5) is 24.3. The monoisotopic (exact) mass is 459 g/mol. The molecular weight excluding hydrogens is 434 g/mol. The Balaban J connectivity index is 2.49. The van der Waals surface area contributed by atoms with Gasteiger partial charge < -0.3 is 33.9 Å². The summed E-state index contributed by atoms with van der Waals surface area (Å²) in [5.74, 6) is -0.991. The molecule has 2 N–H and O–H groups in total. The molecule has 0 aliphatic carbocycles. The molecule has 2 rings (SSSR count). The van der Waals surface area contributed by atoms with E-state index in [1.807, 2.05) is 6.92 Å². The van der Waals surface area contributed by atoms with Crippen LogP contribution in [0.3, 0.4) is 0 Å². The molecule has 0 saturated heterocycles. The van der Waals surface area contributed by atoms with Crippen molar-refractivity contribution in [2.75, 3.05) is 21.3 Å². The molecule has 0 aliphatic heterocycles. The van der Waals surface area contributed by atoms with Gasteiger partial charge in [0.15, 0.2) is 0 Å². The van der Waals surface area contributed by atoms with Gasteiger partial charge in [-0.1, -0.05) is 13.0 Å². The highest BCUT2D eigenvalue weighted by molar-refractivity contribution is 5.94. The van der Waals surface area contributed by atoms with E-state index < -0.39 is 5.97 Å². The second-order valence-electron chi connectivity index (χ2n) is 6.26. The first-order chi connectivity index (χ1) is 15.8. The van der Waals surface area contributed by atoms with Crippen molar-refractivity contribution in [2.45, 2.75) is 20.3 Å². The largest absolute Gasteiger partial charge is 0.512 e. The van der Waals surface area contributed by atoms with Gasteiger partial charge in [0.25, 0.3) is 0 Å². The Morgan fingerprint density at radius 2 is 1.73 bits per heavy atom. The number of allylic oxidation sites excluding steroid dienone is 2. The Morgan fingerprint density at radius 3 is 2.24 bits per heavy atom. The van der Waals surface area contributed by atoms with Crippen molar-refractivity contribution in [3.8, 4) is 29.3 Å². The molecule has 11 heteroatoms. The highest BCUT2D eigenvalue weighted by atomic mass is 16.5. The predicted molar refractivity (Wildman–Crippen MR) is 118 cm³/mol. The lowest BCUT2D eigenvalue weighted by molar-refractivity contribution is 0.0690. The summed E-state index contributed by atoms with van der Waals surface area (Å²) in [5, 5.41) is 19.3. The number of carboxylic acid groups (broad SMARTS) is 1. The summed E-state index contributed by atoms with van der Waals surface area (Å²) in [5.41, 5.74) is -0.284. The van der Waals surface area contributed by atoms with Crippen LogP contribution < -0.4 is 18.9 Å². The number of rotatable bonds is 10. The zero-order valence-electron chi connectivity index (χ0n) is 18.9. The Morgan fingerprint density at radius 1 is 1.09 bits per heavy atom. The van der Waals surface area contributed by atoms with E-state index in [1.165, 1.54) is 58.6 Å². The molecule has 0 fully saturated rings. The molecule has 0 saturated carbocycles. The predicted octanol–water partition coefficient (Wildman–Crippen LogP) is 4.12. The molecule has 176 valence electrons. The third-order valence-corrected chi connectivity index (χ3v) is 3.84. The summed E-state index contributed by atoms with van der Waals surface area (Å²) >= 11 is 0. The highest BCUT2D eigenvalue weighted by Gasteiger charge is 2.21. The number of hydrogen-bond acceptors (Lipinski definition) is 10. The normalized spacial score (nSPS) is 12.2.